The van der Waals surface area contributed by atoms with Gasteiger partial charge in [-0.2, -0.15) is 0 Å². The van der Waals surface area contributed by atoms with Gasteiger partial charge in [0, 0.05) is 25.2 Å². The molecule has 2 unspecified atom stereocenters. The first-order chi connectivity index (χ1) is 5.25. The summed E-state index contributed by atoms with van der Waals surface area (Å²) in [6, 6.07) is 1.25. The van der Waals surface area contributed by atoms with E-state index in [4.69, 9.17) is 5.73 Å². The molecule has 2 fully saturated rings. The lowest BCUT2D eigenvalue weighted by Gasteiger charge is -2.27. The summed E-state index contributed by atoms with van der Waals surface area (Å²) in [6.45, 7) is 4.54. The van der Waals surface area contributed by atoms with Crippen LogP contribution in [0.25, 0.3) is 0 Å². The SMILES string of the molecule is C[C@@H](N)CN1CC2CCC1C2. The lowest BCUT2D eigenvalue weighted by molar-refractivity contribution is 0.204. The molecule has 0 radical (unpaired) electrons. The van der Waals surface area contributed by atoms with Crippen LogP contribution in [0.3, 0.4) is 0 Å². The number of fused-ring (bicyclic) bond motifs is 2. The van der Waals surface area contributed by atoms with Crippen molar-refractivity contribution in [3.05, 3.63) is 0 Å². The van der Waals surface area contributed by atoms with E-state index in [-0.39, 0.29) is 0 Å². The summed E-state index contributed by atoms with van der Waals surface area (Å²) in [5, 5.41) is 0. The summed E-state index contributed by atoms with van der Waals surface area (Å²) in [7, 11) is 0. The van der Waals surface area contributed by atoms with E-state index in [0.717, 1.165) is 18.5 Å². The van der Waals surface area contributed by atoms with Gasteiger partial charge in [0.25, 0.3) is 0 Å². The van der Waals surface area contributed by atoms with Crippen LogP contribution in [-0.2, 0) is 0 Å². The quantitative estimate of drug-likeness (QED) is 0.638. The van der Waals surface area contributed by atoms with E-state index in [2.05, 4.69) is 11.8 Å². The van der Waals surface area contributed by atoms with Crippen molar-refractivity contribution in [1.82, 2.24) is 4.90 Å². The molecule has 11 heavy (non-hydrogen) atoms. The maximum atomic E-state index is 5.76. The number of nitrogens with two attached hydrogens (primary N) is 1. The minimum atomic E-state index is 0.356. The molecule has 1 aliphatic heterocycles. The first-order valence-corrected chi connectivity index (χ1v) is 4.75. The Balaban J connectivity index is 1.87. The number of piperidine rings is 1. The lowest BCUT2D eigenvalue weighted by Crippen LogP contribution is -2.40. The summed E-state index contributed by atoms with van der Waals surface area (Å²) in [4.78, 5) is 2.58. The van der Waals surface area contributed by atoms with E-state index in [1.54, 1.807) is 0 Å². The summed E-state index contributed by atoms with van der Waals surface area (Å²) in [5.41, 5.74) is 5.76. The average Bonchev–Trinajstić information content (AvgIpc) is 2.45. The monoisotopic (exact) mass is 154 g/mol. The van der Waals surface area contributed by atoms with Crippen LogP contribution in [0.1, 0.15) is 26.2 Å². The predicted molar refractivity (Wildman–Crippen MR) is 46.4 cm³/mol. The van der Waals surface area contributed by atoms with Crippen molar-refractivity contribution in [2.24, 2.45) is 11.7 Å². The lowest BCUT2D eigenvalue weighted by atomic mass is 10.1. The van der Waals surface area contributed by atoms with E-state index in [9.17, 15) is 0 Å². The highest BCUT2D eigenvalue weighted by Gasteiger charge is 2.37. The van der Waals surface area contributed by atoms with Gasteiger partial charge in [-0.15, -0.1) is 0 Å². The molecule has 0 amide bonds. The molecule has 1 heterocycles. The fraction of sp³-hybridized carbons (Fsp3) is 1.00. The Morgan fingerprint density at radius 2 is 2.36 bits per heavy atom. The van der Waals surface area contributed by atoms with Gasteiger partial charge in [0.05, 0.1) is 0 Å². The van der Waals surface area contributed by atoms with Crippen molar-refractivity contribution in [1.29, 1.82) is 0 Å². The molecule has 2 bridgehead atoms. The normalized spacial score (nSPS) is 39.8. The van der Waals surface area contributed by atoms with Crippen LogP contribution in [0.4, 0.5) is 0 Å². The van der Waals surface area contributed by atoms with E-state index in [0.29, 0.717) is 6.04 Å². The van der Waals surface area contributed by atoms with Crippen LogP contribution in [0.15, 0.2) is 0 Å². The zero-order valence-corrected chi connectivity index (χ0v) is 7.29. The van der Waals surface area contributed by atoms with Crippen LogP contribution in [0, 0.1) is 5.92 Å². The van der Waals surface area contributed by atoms with E-state index < -0.39 is 0 Å². The number of likely N-dealkylation sites (tertiary alicyclic amines) is 1. The van der Waals surface area contributed by atoms with Gasteiger partial charge < -0.3 is 5.73 Å². The summed E-state index contributed by atoms with van der Waals surface area (Å²) in [6.07, 6.45) is 4.35. The summed E-state index contributed by atoms with van der Waals surface area (Å²) < 4.78 is 0. The van der Waals surface area contributed by atoms with Crippen LogP contribution in [0.5, 0.6) is 0 Å². The van der Waals surface area contributed by atoms with Crippen molar-refractivity contribution >= 4 is 0 Å². The zero-order valence-electron chi connectivity index (χ0n) is 7.29. The predicted octanol–water partition coefficient (Wildman–Crippen LogP) is 0.818. The molecule has 2 heteroatoms. The molecular formula is C9H18N2. The Morgan fingerprint density at radius 1 is 1.55 bits per heavy atom. The number of hydrogen-bond acceptors (Lipinski definition) is 2. The minimum Gasteiger partial charge on any atom is -0.327 e. The Labute approximate surface area is 68.7 Å². The first-order valence-electron chi connectivity index (χ1n) is 4.75. The molecule has 2 N–H and O–H groups in total. The maximum Gasteiger partial charge on any atom is 0.0139 e. The van der Waals surface area contributed by atoms with E-state index in [1.807, 2.05) is 0 Å². The molecule has 0 spiro atoms. The van der Waals surface area contributed by atoms with Gasteiger partial charge in [-0.25, -0.2) is 0 Å². The Hall–Kier alpha value is -0.0800. The van der Waals surface area contributed by atoms with Crippen molar-refractivity contribution in [3.8, 4) is 0 Å². The van der Waals surface area contributed by atoms with Gasteiger partial charge in [-0.3, -0.25) is 4.90 Å². The van der Waals surface area contributed by atoms with Crippen LogP contribution < -0.4 is 5.73 Å². The van der Waals surface area contributed by atoms with Gasteiger partial charge in [-0.05, 0) is 32.1 Å². The Kier molecular flexibility index (Phi) is 1.90. The van der Waals surface area contributed by atoms with Crippen LogP contribution >= 0.6 is 0 Å². The second-order valence-electron chi connectivity index (χ2n) is 4.26. The zero-order chi connectivity index (χ0) is 7.84. The van der Waals surface area contributed by atoms with Crippen LogP contribution in [0.2, 0.25) is 0 Å². The largest absolute Gasteiger partial charge is 0.327 e. The summed E-state index contributed by atoms with van der Waals surface area (Å²) in [5.74, 6) is 1.01. The van der Waals surface area contributed by atoms with Gasteiger partial charge in [0.1, 0.15) is 0 Å². The van der Waals surface area contributed by atoms with Crippen molar-refractivity contribution < 1.29 is 0 Å². The third kappa shape index (κ3) is 1.42. The van der Waals surface area contributed by atoms with Crippen molar-refractivity contribution in [3.63, 3.8) is 0 Å². The first kappa shape index (κ1) is 7.56. The van der Waals surface area contributed by atoms with Crippen molar-refractivity contribution in [2.75, 3.05) is 13.1 Å². The van der Waals surface area contributed by atoms with Gasteiger partial charge in [0.2, 0.25) is 0 Å². The molecule has 0 aromatic carbocycles. The topological polar surface area (TPSA) is 29.3 Å². The van der Waals surface area contributed by atoms with E-state index >= 15 is 0 Å². The highest BCUT2D eigenvalue weighted by molar-refractivity contribution is 4.92. The molecule has 1 saturated carbocycles. The molecule has 2 rings (SSSR count). The fourth-order valence-corrected chi connectivity index (χ4v) is 2.62. The molecule has 2 nitrogen and oxygen atoms in total. The highest BCUT2D eigenvalue weighted by Crippen LogP contribution is 2.36. The smallest absolute Gasteiger partial charge is 0.0139 e. The molecule has 0 aromatic heterocycles. The Bertz CT molecular complexity index is 144. The molecule has 3 atom stereocenters. The molecule has 1 aliphatic carbocycles. The molecule has 0 aromatic rings. The van der Waals surface area contributed by atoms with Gasteiger partial charge >= 0.3 is 0 Å². The van der Waals surface area contributed by atoms with Crippen LogP contribution in [-0.4, -0.2) is 30.1 Å². The fourth-order valence-electron chi connectivity index (χ4n) is 2.62. The number of hydrogen-bond donors (Lipinski definition) is 1. The minimum absolute atomic E-state index is 0.356. The molecule has 64 valence electrons. The number of nitrogens with zero attached hydrogens (tertiary/aromatic N) is 1. The van der Waals surface area contributed by atoms with E-state index in [1.165, 1.54) is 25.8 Å². The standard InChI is InChI=1S/C9H18N2/c1-7(10)5-11-6-8-2-3-9(11)4-8/h7-9H,2-6,10H2,1H3/t7-,8?,9?/m1/s1. The Morgan fingerprint density at radius 3 is 2.82 bits per heavy atom. The molecular weight excluding hydrogens is 136 g/mol. The average molecular weight is 154 g/mol. The summed E-state index contributed by atoms with van der Waals surface area (Å²) >= 11 is 0. The third-order valence-corrected chi connectivity index (χ3v) is 3.05. The van der Waals surface area contributed by atoms with Gasteiger partial charge in [0.15, 0.2) is 0 Å². The van der Waals surface area contributed by atoms with Gasteiger partial charge in [-0.1, -0.05) is 0 Å². The second-order valence-corrected chi connectivity index (χ2v) is 4.26. The second kappa shape index (κ2) is 2.76. The third-order valence-electron chi connectivity index (χ3n) is 3.05. The molecule has 2 aliphatic rings. The maximum absolute atomic E-state index is 5.76. The van der Waals surface area contributed by atoms with Crippen molar-refractivity contribution in [2.45, 2.75) is 38.3 Å². The highest BCUT2D eigenvalue weighted by atomic mass is 15.2. The molecule has 1 saturated heterocycles. The number of rotatable bonds is 2.